The highest BCUT2D eigenvalue weighted by Crippen LogP contribution is 2.32. The molecule has 208 valence electrons. The zero-order valence-corrected chi connectivity index (χ0v) is 21.7. The molecule has 3 heterocycles. The zero-order valence-electron chi connectivity index (χ0n) is 21.7. The summed E-state index contributed by atoms with van der Waals surface area (Å²) < 4.78 is 12.6. The van der Waals surface area contributed by atoms with E-state index in [4.69, 9.17) is 15.2 Å². The van der Waals surface area contributed by atoms with Crippen LogP contribution in [0.1, 0.15) is 18.3 Å². The Hall–Kier alpha value is -4.66. The number of alkyl carbamates (subject to hydrolysis) is 1. The first-order valence-electron chi connectivity index (χ1n) is 12.5. The molecule has 14 nitrogen and oxygen atoms in total. The third-order valence-electron chi connectivity index (χ3n) is 6.36. The first-order valence-corrected chi connectivity index (χ1v) is 12.5. The van der Waals surface area contributed by atoms with Crippen molar-refractivity contribution in [2.24, 2.45) is 10.2 Å². The van der Waals surface area contributed by atoms with Crippen LogP contribution in [0.25, 0.3) is 11.0 Å². The van der Waals surface area contributed by atoms with Crippen LogP contribution >= 0.6 is 0 Å². The molecule has 5 N–H and O–H groups in total. The molecule has 5 rings (SSSR count). The Kier molecular flexibility index (Phi) is 8.10. The van der Waals surface area contributed by atoms with Gasteiger partial charge in [-0.25, -0.2) is 19.4 Å². The molecule has 0 aliphatic carbocycles. The zero-order chi connectivity index (χ0) is 28.1. The second-order valence-electron chi connectivity index (χ2n) is 9.13. The molecule has 3 unspecified atom stereocenters. The lowest BCUT2D eigenvalue weighted by molar-refractivity contribution is -0.0471. The highest BCUT2D eigenvalue weighted by atomic mass is 16.6. The van der Waals surface area contributed by atoms with Crippen LogP contribution in [-0.4, -0.2) is 68.6 Å². The largest absolute Gasteiger partial charge is 0.428 e. The number of hydrogen-bond acceptors (Lipinski definition) is 12. The number of aliphatic hydroxyl groups excluding tert-OH is 2. The van der Waals surface area contributed by atoms with Gasteiger partial charge >= 0.3 is 6.09 Å². The van der Waals surface area contributed by atoms with Crippen molar-refractivity contribution >= 4 is 40.0 Å². The maximum Gasteiger partial charge on any atom is 0.409 e. The Morgan fingerprint density at radius 2 is 1.90 bits per heavy atom. The van der Waals surface area contributed by atoms with Crippen LogP contribution in [0.5, 0.6) is 0 Å². The minimum Gasteiger partial charge on any atom is -0.428 e. The smallest absolute Gasteiger partial charge is 0.409 e. The van der Waals surface area contributed by atoms with Crippen LogP contribution in [0.4, 0.5) is 27.7 Å². The summed E-state index contributed by atoms with van der Waals surface area (Å²) in [6, 6.07) is 16.8. The average molecular weight is 548 g/mol. The molecule has 0 bridgehead atoms. The second kappa shape index (κ2) is 12.0. The van der Waals surface area contributed by atoms with Crippen LogP contribution < -0.4 is 16.0 Å². The van der Waals surface area contributed by atoms with E-state index in [-0.39, 0.29) is 32.1 Å². The molecule has 1 amide bonds. The molecule has 3 atom stereocenters. The number of aromatic nitrogens is 4. The minimum absolute atomic E-state index is 0.00645. The maximum atomic E-state index is 12.5. The Labute approximate surface area is 229 Å². The third kappa shape index (κ3) is 5.98. The van der Waals surface area contributed by atoms with Gasteiger partial charge in [-0.05, 0) is 36.4 Å². The summed E-state index contributed by atoms with van der Waals surface area (Å²) in [4.78, 5) is 22.5. The molecule has 2 aromatic heterocycles. The monoisotopic (exact) mass is 547 g/mol. The minimum atomic E-state index is -0.850. The van der Waals surface area contributed by atoms with Crippen molar-refractivity contribution in [3.63, 3.8) is 0 Å². The SMILES string of the molecule is CN(COC(=O)NCc1nn(C2CC(O)C(CO)O2)c2ncnc(N)c12)c1ccc(N=Nc2ccccc2)cc1. The Balaban J connectivity index is 1.17. The van der Waals surface area contributed by atoms with Crippen molar-refractivity contribution in [1.82, 2.24) is 25.1 Å². The van der Waals surface area contributed by atoms with Gasteiger partial charge in [0.25, 0.3) is 0 Å². The number of carbonyl (C=O) groups is 1. The molecule has 2 aromatic carbocycles. The molecule has 1 fully saturated rings. The summed E-state index contributed by atoms with van der Waals surface area (Å²) in [5.74, 6) is 0.185. The highest BCUT2D eigenvalue weighted by Gasteiger charge is 2.36. The number of anilines is 2. The van der Waals surface area contributed by atoms with Crippen LogP contribution in [0, 0.1) is 0 Å². The number of nitrogen functional groups attached to an aromatic ring is 1. The quantitative estimate of drug-likeness (QED) is 0.179. The van der Waals surface area contributed by atoms with Gasteiger partial charge in [-0.1, -0.05) is 18.2 Å². The van der Waals surface area contributed by atoms with Gasteiger partial charge in [0, 0.05) is 19.2 Å². The van der Waals surface area contributed by atoms with Gasteiger partial charge in [-0.15, -0.1) is 0 Å². The lowest BCUT2D eigenvalue weighted by Crippen LogP contribution is -2.30. The number of ether oxygens (including phenoxy) is 2. The topological polar surface area (TPSA) is 186 Å². The number of nitrogens with zero attached hydrogens (tertiary/aromatic N) is 7. The third-order valence-corrected chi connectivity index (χ3v) is 6.36. The van der Waals surface area contributed by atoms with Crippen LogP contribution in [-0.2, 0) is 16.0 Å². The summed E-state index contributed by atoms with van der Waals surface area (Å²) in [5.41, 5.74) is 9.15. The number of nitrogens with one attached hydrogen (secondary N) is 1. The number of aliphatic hydroxyl groups is 2. The molecule has 14 heteroatoms. The summed E-state index contributed by atoms with van der Waals surface area (Å²) in [7, 11) is 1.79. The first-order chi connectivity index (χ1) is 19.4. The van der Waals surface area contributed by atoms with Crippen molar-refractivity contribution in [3.8, 4) is 0 Å². The summed E-state index contributed by atoms with van der Waals surface area (Å²) in [5, 5.41) is 35.6. The molecule has 0 spiro atoms. The summed E-state index contributed by atoms with van der Waals surface area (Å²) in [6.07, 6.45) is -1.39. The van der Waals surface area contributed by atoms with Gasteiger partial charge < -0.3 is 35.6 Å². The lowest BCUT2D eigenvalue weighted by atomic mass is 10.2. The van der Waals surface area contributed by atoms with Gasteiger partial charge in [-0.3, -0.25) is 0 Å². The lowest BCUT2D eigenvalue weighted by Gasteiger charge is -2.19. The van der Waals surface area contributed by atoms with E-state index in [1.807, 2.05) is 54.6 Å². The number of amides is 1. The van der Waals surface area contributed by atoms with Gasteiger partial charge in [0.15, 0.2) is 18.6 Å². The Morgan fingerprint density at radius 1 is 1.18 bits per heavy atom. The van der Waals surface area contributed by atoms with Gasteiger partial charge in [0.05, 0.1) is 41.7 Å². The van der Waals surface area contributed by atoms with Gasteiger partial charge in [0.1, 0.15) is 18.2 Å². The average Bonchev–Trinajstić information content (AvgIpc) is 3.55. The fourth-order valence-corrected chi connectivity index (χ4v) is 4.24. The maximum absolute atomic E-state index is 12.5. The number of fused-ring (bicyclic) bond motifs is 1. The van der Waals surface area contributed by atoms with Crippen LogP contribution in [0.2, 0.25) is 0 Å². The second-order valence-corrected chi connectivity index (χ2v) is 9.13. The molecule has 1 aliphatic heterocycles. The molecule has 0 radical (unpaired) electrons. The number of rotatable bonds is 9. The van der Waals surface area contributed by atoms with E-state index in [0.717, 1.165) is 11.4 Å². The fourth-order valence-electron chi connectivity index (χ4n) is 4.24. The van der Waals surface area contributed by atoms with Gasteiger partial charge in [0.2, 0.25) is 0 Å². The van der Waals surface area contributed by atoms with Crippen molar-refractivity contribution in [2.45, 2.75) is 31.4 Å². The van der Waals surface area contributed by atoms with Crippen molar-refractivity contribution in [1.29, 1.82) is 0 Å². The Morgan fingerprint density at radius 3 is 2.60 bits per heavy atom. The van der Waals surface area contributed by atoms with Crippen LogP contribution in [0.15, 0.2) is 71.2 Å². The number of benzene rings is 2. The number of carbonyl (C=O) groups excluding carboxylic acids is 1. The molecular formula is C26H29N9O5. The summed E-state index contributed by atoms with van der Waals surface area (Å²) >= 11 is 0. The van der Waals surface area contributed by atoms with E-state index in [9.17, 15) is 15.0 Å². The number of nitrogens with two attached hydrogens (primary N) is 1. The van der Waals surface area contributed by atoms with E-state index < -0.39 is 24.5 Å². The Bertz CT molecular complexity index is 1480. The molecule has 40 heavy (non-hydrogen) atoms. The molecule has 4 aromatic rings. The summed E-state index contributed by atoms with van der Waals surface area (Å²) in [6.45, 7) is -0.344. The normalized spacial score (nSPS) is 18.8. The van der Waals surface area contributed by atoms with E-state index in [0.29, 0.717) is 22.4 Å². The predicted octanol–water partition coefficient (Wildman–Crippen LogP) is 2.78. The van der Waals surface area contributed by atoms with Crippen molar-refractivity contribution in [3.05, 3.63) is 66.6 Å². The first kappa shape index (κ1) is 26.9. The molecule has 1 aliphatic rings. The predicted molar refractivity (Wildman–Crippen MR) is 145 cm³/mol. The van der Waals surface area contributed by atoms with E-state index in [2.05, 4.69) is 30.6 Å². The van der Waals surface area contributed by atoms with Gasteiger partial charge in [-0.2, -0.15) is 15.3 Å². The number of azo groups is 1. The fraction of sp³-hybridized carbons (Fsp3) is 0.308. The van der Waals surface area contributed by atoms with E-state index in [1.165, 1.54) is 11.0 Å². The van der Waals surface area contributed by atoms with E-state index in [1.54, 1.807) is 11.9 Å². The number of hydrogen-bond donors (Lipinski definition) is 4. The van der Waals surface area contributed by atoms with Crippen molar-refractivity contribution in [2.75, 3.05) is 31.0 Å². The molecular weight excluding hydrogens is 518 g/mol. The standard InChI is InChI=1S/C26H29N9O5/c1-34(18-9-7-17(8-10-18)32-31-16-5-3-2-4-6-16)15-39-26(38)28-12-19-23-24(27)29-14-30-25(23)35(33-19)22-11-20(37)21(13-36)40-22/h2-10,14,20-22,36-37H,11-13,15H2,1H3,(H,28,38)(H2,27,29,30). The van der Waals surface area contributed by atoms with Crippen LogP contribution in [0.3, 0.4) is 0 Å². The molecule has 0 saturated carbocycles. The molecule has 1 saturated heterocycles. The van der Waals surface area contributed by atoms with Crippen molar-refractivity contribution < 1.29 is 24.5 Å². The highest BCUT2D eigenvalue weighted by molar-refractivity contribution is 5.88. The van der Waals surface area contributed by atoms with E-state index >= 15 is 0 Å².